The van der Waals surface area contributed by atoms with Crippen LogP contribution in [0.5, 0.6) is 17.2 Å². The van der Waals surface area contributed by atoms with Crippen LogP contribution in [-0.2, 0) is 16.7 Å². The van der Waals surface area contributed by atoms with Gasteiger partial charge in [0.25, 0.3) is 0 Å². The van der Waals surface area contributed by atoms with Gasteiger partial charge in [0.15, 0.2) is 0 Å². The van der Waals surface area contributed by atoms with E-state index in [-0.39, 0.29) is 11.3 Å². The molecule has 0 saturated heterocycles. The molecule has 3 aromatic rings. The monoisotopic (exact) mass is 492 g/mol. The molecule has 0 spiro atoms. The van der Waals surface area contributed by atoms with Crippen molar-refractivity contribution in [3.8, 4) is 28.4 Å². The number of hydrogen-bond acceptors (Lipinski definition) is 7. The summed E-state index contributed by atoms with van der Waals surface area (Å²) in [5.41, 5.74) is 7.13. The van der Waals surface area contributed by atoms with Crippen LogP contribution in [0.1, 0.15) is 25.0 Å². The molecule has 2 heterocycles. The number of hydrogen-bond donors (Lipinski definition) is 1. The molecule has 2 aliphatic rings. The minimum atomic E-state index is -3.64. The Hall–Kier alpha value is -3.65. The van der Waals surface area contributed by atoms with Gasteiger partial charge in [-0.2, -0.15) is 8.42 Å². The van der Waals surface area contributed by atoms with Gasteiger partial charge < -0.3 is 23.9 Å². The Kier molecular flexibility index (Phi) is 5.44. The molecule has 0 unspecified atom stereocenters. The van der Waals surface area contributed by atoms with Crippen molar-refractivity contribution in [3.05, 3.63) is 71.8 Å². The van der Waals surface area contributed by atoms with E-state index in [2.05, 4.69) is 48.3 Å². The minimum absolute atomic E-state index is 0.210. The maximum Gasteiger partial charge on any atom is 0.306 e. The standard InChI is InChI=1S/C27H28N2O5S/c1-27(2)15-23-26-20(16-29(23)22-8-6-7-9-24(22)32-3)18(12-13-21(26)28-27)19-11-10-17(14-25(19)33-4)34-35(5,30)31/h6-15,28H,16H2,1-5H3. The fourth-order valence-corrected chi connectivity index (χ4v) is 5.36. The molecule has 8 heteroatoms. The van der Waals surface area contributed by atoms with E-state index in [4.69, 9.17) is 13.7 Å². The zero-order valence-electron chi connectivity index (χ0n) is 20.4. The first-order valence-electron chi connectivity index (χ1n) is 11.3. The first-order chi connectivity index (χ1) is 16.6. The molecule has 3 aromatic carbocycles. The normalized spacial score (nSPS) is 15.7. The lowest BCUT2D eigenvalue weighted by atomic mass is 9.89. The summed E-state index contributed by atoms with van der Waals surface area (Å²) in [4.78, 5) is 2.28. The smallest absolute Gasteiger partial charge is 0.306 e. The highest BCUT2D eigenvalue weighted by atomic mass is 32.2. The molecule has 0 aromatic heterocycles. The summed E-state index contributed by atoms with van der Waals surface area (Å²) in [7, 11) is -0.391. The Morgan fingerprint density at radius 3 is 2.37 bits per heavy atom. The SMILES string of the molecule is COc1cc(OS(C)(=O)=O)ccc1-c1ccc2c3c1CN(c1ccccc1OC)C3=CC(C)(C)N2. The van der Waals surface area contributed by atoms with Crippen LogP contribution in [-0.4, -0.2) is 34.4 Å². The summed E-state index contributed by atoms with van der Waals surface area (Å²) in [6.07, 6.45) is 3.27. The lowest BCUT2D eigenvalue weighted by Crippen LogP contribution is -2.33. The number of nitrogens with zero attached hydrogens (tertiary/aromatic N) is 1. The molecule has 0 saturated carbocycles. The Balaban J connectivity index is 1.68. The van der Waals surface area contributed by atoms with E-state index in [1.807, 2.05) is 24.3 Å². The molecule has 1 N–H and O–H groups in total. The summed E-state index contributed by atoms with van der Waals surface area (Å²) >= 11 is 0. The highest BCUT2D eigenvalue weighted by Crippen LogP contribution is 2.51. The zero-order chi connectivity index (χ0) is 25.0. The lowest BCUT2D eigenvalue weighted by Gasteiger charge is -2.33. The molecule has 0 amide bonds. The van der Waals surface area contributed by atoms with Crippen molar-refractivity contribution in [2.75, 3.05) is 30.7 Å². The molecule has 0 bridgehead atoms. The van der Waals surface area contributed by atoms with Gasteiger partial charge in [-0.3, -0.25) is 0 Å². The molecular weight excluding hydrogens is 464 g/mol. The number of benzene rings is 3. The zero-order valence-corrected chi connectivity index (χ0v) is 21.2. The molecule has 0 fully saturated rings. The topological polar surface area (TPSA) is 77.1 Å². The van der Waals surface area contributed by atoms with E-state index in [1.54, 1.807) is 26.4 Å². The van der Waals surface area contributed by atoms with Crippen molar-refractivity contribution in [3.63, 3.8) is 0 Å². The van der Waals surface area contributed by atoms with Gasteiger partial charge >= 0.3 is 10.1 Å². The quantitative estimate of drug-likeness (QED) is 0.470. The third kappa shape index (κ3) is 4.18. The predicted octanol–water partition coefficient (Wildman–Crippen LogP) is 5.27. The van der Waals surface area contributed by atoms with Crippen molar-refractivity contribution in [2.45, 2.75) is 25.9 Å². The fraction of sp³-hybridized carbons (Fsp3) is 0.259. The maximum absolute atomic E-state index is 11.6. The maximum atomic E-state index is 11.6. The average Bonchev–Trinajstić information content (AvgIpc) is 3.17. The molecule has 182 valence electrons. The van der Waals surface area contributed by atoms with E-state index in [0.29, 0.717) is 12.3 Å². The molecule has 35 heavy (non-hydrogen) atoms. The van der Waals surface area contributed by atoms with Gasteiger partial charge in [0.1, 0.15) is 17.2 Å². The number of nitrogens with one attached hydrogen (secondary N) is 1. The molecule has 0 atom stereocenters. The summed E-state index contributed by atoms with van der Waals surface area (Å²) < 4.78 is 39.6. The molecule has 7 nitrogen and oxygen atoms in total. The first kappa shape index (κ1) is 23.1. The number of rotatable bonds is 6. The number of ether oxygens (including phenoxy) is 2. The first-order valence-corrected chi connectivity index (χ1v) is 13.1. The Bertz CT molecular complexity index is 1460. The number of para-hydroxylation sites is 2. The fourth-order valence-electron chi connectivity index (χ4n) is 4.90. The largest absolute Gasteiger partial charge is 0.496 e. The van der Waals surface area contributed by atoms with Gasteiger partial charge in [0, 0.05) is 35.1 Å². The Labute approximate surface area is 206 Å². The van der Waals surface area contributed by atoms with E-state index >= 15 is 0 Å². The second-order valence-electron chi connectivity index (χ2n) is 9.30. The van der Waals surface area contributed by atoms with E-state index in [0.717, 1.165) is 51.3 Å². The highest BCUT2D eigenvalue weighted by Gasteiger charge is 2.37. The van der Waals surface area contributed by atoms with Gasteiger partial charge in [-0.05, 0) is 61.4 Å². The van der Waals surface area contributed by atoms with Crippen molar-refractivity contribution < 1.29 is 22.1 Å². The summed E-state index contributed by atoms with van der Waals surface area (Å²) in [6, 6.07) is 17.3. The molecule has 0 radical (unpaired) electrons. The lowest BCUT2D eigenvalue weighted by molar-refractivity contribution is 0.413. The predicted molar refractivity (Wildman–Crippen MR) is 139 cm³/mol. The van der Waals surface area contributed by atoms with E-state index in [9.17, 15) is 8.42 Å². The molecule has 2 aliphatic heterocycles. The minimum Gasteiger partial charge on any atom is -0.496 e. The van der Waals surface area contributed by atoms with Crippen molar-refractivity contribution in [1.29, 1.82) is 0 Å². The van der Waals surface area contributed by atoms with Crippen LogP contribution < -0.4 is 23.9 Å². The summed E-state index contributed by atoms with van der Waals surface area (Å²) in [6.45, 7) is 4.95. The van der Waals surface area contributed by atoms with Crippen molar-refractivity contribution in [1.82, 2.24) is 0 Å². The van der Waals surface area contributed by atoms with Crippen LogP contribution in [0.2, 0.25) is 0 Å². The number of anilines is 2. The van der Waals surface area contributed by atoms with Crippen molar-refractivity contribution in [2.24, 2.45) is 0 Å². The van der Waals surface area contributed by atoms with Gasteiger partial charge in [-0.15, -0.1) is 0 Å². The van der Waals surface area contributed by atoms with E-state index < -0.39 is 10.1 Å². The van der Waals surface area contributed by atoms with Crippen LogP contribution in [0.3, 0.4) is 0 Å². The van der Waals surface area contributed by atoms with Gasteiger partial charge in [0.05, 0.1) is 31.7 Å². The number of methoxy groups -OCH3 is 2. The van der Waals surface area contributed by atoms with Crippen LogP contribution in [0, 0.1) is 0 Å². The Morgan fingerprint density at radius 1 is 0.943 bits per heavy atom. The van der Waals surface area contributed by atoms with Crippen LogP contribution in [0.15, 0.2) is 60.7 Å². The average molecular weight is 493 g/mol. The van der Waals surface area contributed by atoms with Crippen LogP contribution >= 0.6 is 0 Å². The molecule has 5 rings (SSSR count). The Morgan fingerprint density at radius 2 is 1.66 bits per heavy atom. The third-order valence-corrected chi connectivity index (χ3v) is 6.71. The van der Waals surface area contributed by atoms with E-state index in [1.165, 1.54) is 0 Å². The second-order valence-corrected chi connectivity index (χ2v) is 10.9. The molecule has 0 aliphatic carbocycles. The van der Waals surface area contributed by atoms with Gasteiger partial charge in [-0.25, -0.2) is 0 Å². The van der Waals surface area contributed by atoms with Gasteiger partial charge in [-0.1, -0.05) is 18.2 Å². The summed E-state index contributed by atoms with van der Waals surface area (Å²) in [5.74, 6) is 1.55. The highest BCUT2D eigenvalue weighted by molar-refractivity contribution is 7.86. The summed E-state index contributed by atoms with van der Waals surface area (Å²) in [5, 5.41) is 3.64. The van der Waals surface area contributed by atoms with Crippen molar-refractivity contribution >= 4 is 27.2 Å². The molecular formula is C27H28N2O5S. The van der Waals surface area contributed by atoms with Crippen LogP contribution in [0.25, 0.3) is 16.8 Å². The second kappa shape index (κ2) is 8.23. The third-order valence-electron chi connectivity index (χ3n) is 6.22. The van der Waals surface area contributed by atoms with Gasteiger partial charge in [0.2, 0.25) is 0 Å². The van der Waals surface area contributed by atoms with Crippen LogP contribution in [0.4, 0.5) is 11.4 Å².